The third-order valence-electron chi connectivity index (χ3n) is 4.80. The molecule has 4 rings (SSSR count). The van der Waals surface area contributed by atoms with Crippen molar-refractivity contribution in [2.24, 2.45) is 0 Å². The first kappa shape index (κ1) is 16.5. The van der Waals surface area contributed by atoms with E-state index in [1.54, 1.807) is 17.0 Å². The Morgan fingerprint density at radius 3 is 3.00 bits per heavy atom. The van der Waals surface area contributed by atoms with Crippen LogP contribution in [-0.2, 0) is 17.7 Å². The Morgan fingerprint density at radius 1 is 1.23 bits per heavy atom. The summed E-state index contributed by atoms with van der Waals surface area (Å²) in [5, 5.41) is 17.7. The number of amides is 1. The molecule has 0 unspecified atom stereocenters. The number of nitrogens with one attached hydrogen (secondary N) is 1. The first-order valence-electron chi connectivity index (χ1n) is 8.81. The number of nitrogens with zero attached hydrogens (tertiary/aromatic N) is 5. The van der Waals surface area contributed by atoms with E-state index in [1.807, 2.05) is 12.1 Å². The van der Waals surface area contributed by atoms with Gasteiger partial charge in [0.25, 0.3) is 5.91 Å². The molecule has 0 aromatic carbocycles. The summed E-state index contributed by atoms with van der Waals surface area (Å²) in [6.45, 7) is 4.26. The summed E-state index contributed by atoms with van der Waals surface area (Å²) >= 11 is 0. The van der Waals surface area contributed by atoms with Gasteiger partial charge in [-0.3, -0.25) is 4.79 Å². The van der Waals surface area contributed by atoms with E-state index in [0.29, 0.717) is 37.5 Å². The van der Waals surface area contributed by atoms with Gasteiger partial charge in [0, 0.05) is 39.2 Å². The van der Waals surface area contributed by atoms with Crippen molar-refractivity contribution in [2.45, 2.75) is 19.4 Å². The third-order valence-corrected chi connectivity index (χ3v) is 4.80. The quantitative estimate of drug-likeness (QED) is 0.869. The van der Waals surface area contributed by atoms with Crippen molar-refractivity contribution in [3.63, 3.8) is 0 Å². The topological polar surface area (TPSA) is 98.1 Å². The number of nitriles is 1. The van der Waals surface area contributed by atoms with Crippen LogP contribution >= 0.6 is 0 Å². The number of hydrogen-bond donors (Lipinski definition) is 1. The minimum atomic E-state index is -0.0984. The molecule has 2 aromatic heterocycles. The van der Waals surface area contributed by atoms with Crippen LogP contribution in [0.5, 0.6) is 0 Å². The van der Waals surface area contributed by atoms with Crippen molar-refractivity contribution >= 4 is 11.7 Å². The van der Waals surface area contributed by atoms with Gasteiger partial charge >= 0.3 is 0 Å². The number of H-pyrrole nitrogens is 1. The second kappa shape index (κ2) is 7.14. The Labute approximate surface area is 151 Å². The van der Waals surface area contributed by atoms with E-state index in [4.69, 9.17) is 10.00 Å². The molecule has 8 heteroatoms. The Hall–Kier alpha value is -2.92. The van der Waals surface area contributed by atoms with Gasteiger partial charge < -0.3 is 19.5 Å². The number of ether oxygens (including phenoxy) is 1. The average molecular weight is 352 g/mol. The lowest BCUT2D eigenvalue weighted by atomic mass is 10.1. The first-order chi connectivity index (χ1) is 12.7. The zero-order valence-electron chi connectivity index (χ0n) is 14.4. The minimum Gasteiger partial charge on any atom is -0.380 e. The summed E-state index contributed by atoms with van der Waals surface area (Å²) in [6.07, 6.45) is 1.65. The molecule has 0 aliphatic carbocycles. The fourth-order valence-electron chi connectivity index (χ4n) is 3.38. The van der Waals surface area contributed by atoms with Crippen LogP contribution in [0.4, 0.5) is 5.82 Å². The number of aromatic nitrogens is 3. The molecule has 0 radical (unpaired) electrons. The summed E-state index contributed by atoms with van der Waals surface area (Å²) in [4.78, 5) is 19.5. The van der Waals surface area contributed by atoms with Crippen LogP contribution in [0.2, 0.25) is 0 Å². The number of fused-ring (bicyclic) bond motifs is 1. The summed E-state index contributed by atoms with van der Waals surface area (Å²) in [5.41, 5.74) is 2.82. The van der Waals surface area contributed by atoms with Crippen molar-refractivity contribution in [1.82, 2.24) is 20.1 Å². The number of carbonyl (C=O) groups is 1. The fourth-order valence-corrected chi connectivity index (χ4v) is 3.38. The highest BCUT2D eigenvalue weighted by atomic mass is 16.5. The average Bonchev–Trinajstić information content (AvgIpc) is 3.00. The maximum Gasteiger partial charge on any atom is 0.270 e. The molecule has 26 heavy (non-hydrogen) atoms. The van der Waals surface area contributed by atoms with Crippen LogP contribution in [-0.4, -0.2) is 58.8 Å². The molecule has 0 bridgehead atoms. The molecule has 134 valence electrons. The largest absolute Gasteiger partial charge is 0.380 e. The van der Waals surface area contributed by atoms with Gasteiger partial charge in [0.15, 0.2) is 5.82 Å². The van der Waals surface area contributed by atoms with Crippen LogP contribution in [0.25, 0.3) is 0 Å². The van der Waals surface area contributed by atoms with Crippen molar-refractivity contribution < 1.29 is 9.53 Å². The molecule has 8 nitrogen and oxygen atoms in total. The van der Waals surface area contributed by atoms with E-state index in [-0.39, 0.29) is 5.91 Å². The van der Waals surface area contributed by atoms with Crippen LogP contribution < -0.4 is 4.90 Å². The number of aromatic amines is 1. The zero-order chi connectivity index (χ0) is 17.9. The monoisotopic (exact) mass is 352 g/mol. The molecular weight excluding hydrogens is 332 g/mol. The number of rotatable bonds is 2. The maximum absolute atomic E-state index is 12.7. The predicted molar refractivity (Wildman–Crippen MR) is 93.6 cm³/mol. The van der Waals surface area contributed by atoms with Gasteiger partial charge in [-0.05, 0) is 30.2 Å². The van der Waals surface area contributed by atoms with Gasteiger partial charge in [0.1, 0.15) is 17.5 Å². The smallest absolute Gasteiger partial charge is 0.270 e. The predicted octanol–water partition coefficient (Wildman–Crippen LogP) is 1.10. The summed E-state index contributed by atoms with van der Waals surface area (Å²) in [5.74, 6) is 0.744. The Bertz CT molecular complexity index is 848. The maximum atomic E-state index is 12.7. The minimum absolute atomic E-state index is 0.0984. The highest BCUT2D eigenvalue weighted by Gasteiger charge is 2.25. The summed E-state index contributed by atoms with van der Waals surface area (Å²) < 4.78 is 5.50. The molecule has 0 saturated carbocycles. The molecule has 2 aromatic rings. The van der Waals surface area contributed by atoms with Crippen LogP contribution in [0, 0.1) is 11.3 Å². The lowest BCUT2D eigenvalue weighted by molar-refractivity contribution is 0.0728. The van der Waals surface area contributed by atoms with Gasteiger partial charge in [-0.2, -0.15) is 10.4 Å². The van der Waals surface area contributed by atoms with E-state index in [9.17, 15) is 4.79 Å². The molecule has 1 N–H and O–H groups in total. The molecule has 1 amide bonds. The van der Waals surface area contributed by atoms with Crippen LogP contribution in [0.15, 0.2) is 18.2 Å². The second-order valence-corrected chi connectivity index (χ2v) is 6.50. The number of carbonyl (C=O) groups excluding carboxylic acids is 1. The zero-order valence-corrected chi connectivity index (χ0v) is 14.4. The summed E-state index contributed by atoms with van der Waals surface area (Å²) in [7, 11) is 0. The van der Waals surface area contributed by atoms with Crippen molar-refractivity contribution in [3.8, 4) is 6.07 Å². The van der Waals surface area contributed by atoms with E-state index >= 15 is 0 Å². The number of anilines is 1. The van der Waals surface area contributed by atoms with E-state index in [2.05, 4.69) is 20.1 Å². The molecule has 2 aliphatic heterocycles. The highest BCUT2D eigenvalue weighted by molar-refractivity contribution is 5.92. The standard InChI is InChI=1S/C18H20N6O2/c19-11-14-2-3-16(20-14)18(25)24-6-4-15-13(12-24)10-17(22-21-15)23-5-1-8-26-9-7-23/h2-3,10,20H,1,4-9,12H2. The van der Waals surface area contributed by atoms with Crippen LogP contribution in [0.1, 0.15) is 33.9 Å². The lowest BCUT2D eigenvalue weighted by Crippen LogP contribution is -2.37. The van der Waals surface area contributed by atoms with E-state index < -0.39 is 0 Å². The molecule has 1 fully saturated rings. The van der Waals surface area contributed by atoms with Crippen molar-refractivity contribution in [3.05, 3.63) is 40.8 Å². The molecule has 1 saturated heterocycles. The summed E-state index contributed by atoms with van der Waals surface area (Å²) in [6, 6.07) is 7.33. The van der Waals surface area contributed by atoms with E-state index in [1.165, 1.54) is 0 Å². The van der Waals surface area contributed by atoms with E-state index in [0.717, 1.165) is 43.2 Å². The van der Waals surface area contributed by atoms with Gasteiger partial charge in [-0.25, -0.2) is 0 Å². The highest BCUT2D eigenvalue weighted by Crippen LogP contribution is 2.22. The van der Waals surface area contributed by atoms with Gasteiger partial charge in [-0.15, -0.1) is 5.10 Å². The lowest BCUT2D eigenvalue weighted by Gasteiger charge is -2.29. The Balaban J connectivity index is 1.52. The molecule has 4 heterocycles. The third kappa shape index (κ3) is 3.26. The van der Waals surface area contributed by atoms with Gasteiger partial charge in [0.2, 0.25) is 0 Å². The molecular formula is C18H20N6O2. The van der Waals surface area contributed by atoms with Crippen molar-refractivity contribution in [1.29, 1.82) is 5.26 Å². The van der Waals surface area contributed by atoms with Crippen molar-refractivity contribution in [2.75, 3.05) is 37.7 Å². The molecule has 0 atom stereocenters. The second-order valence-electron chi connectivity index (χ2n) is 6.50. The normalized spacial score (nSPS) is 17.3. The Kier molecular flexibility index (Phi) is 4.54. The Morgan fingerprint density at radius 2 is 2.15 bits per heavy atom. The fraction of sp³-hybridized carbons (Fsp3) is 0.444. The number of hydrogen-bond acceptors (Lipinski definition) is 6. The van der Waals surface area contributed by atoms with Crippen LogP contribution in [0.3, 0.4) is 0 Å². The first-order valence-corrected chi connectivity index (χ1v) is 8.81. The molecule has 2 aliphatic rings. The van der Waals surface area contributed by atoms with Gasteiger partial charge in [0.05, 0.1) is 12.3 Å². The van der Waals surface area contributed by atoms with Gasteiger partial charge in [-0.1, -0.05) is 0 Å². The SMILES string of the molecule is N#Cc1ccc(C(=O)N2CCc3nnc(N4CCCOCC4)cc3C2)[nH]1. The molecule has 0 spiro atoms.